The Morgan fingerprint density at radius 3 is 2.88 bits per heavy atom. The Bertz CT molecular complexity index is 849. The van der Waals surface area contributed by atoms with Crippen LogP contribution in [-0.4, -0.2) is 25.5 Å². The monoisotopic (exact) mass is 321 g/mol. The molecule has 24 heavy (non-hydrogen) atoms. The van der Waals surface area contributed by atoms with Crippen LogP contribution in [0.5, 0.6) is 0 Å². The second-order valence-electron chi connectivity index (χ2n) is 6.05. The van der Waals surface area contributed by atoms with Crippen molar-refractivity contribution in [3.8, 4) is 0 Å². The summed E-state index contributed by atoms with van der Waals surface area (Å²) in [5.74, 6) is -0.114. The molecule has 2 aromatic heterocycles. The molecule has 6 nitrogen and oxygen atoms in total. The molecule has 0 fully saturated rings. The van der Waals surface area contributed by atoms with Gasteiger partial charge in [-0.3, -0.25) is 14.2 Å². The van der Waals surface area contributed by atoms with Crippen molar-refractivity contribution in [1.82, 2.24) is 19.6 Å². The highest BCUT2D eigenvalue weighted by Gasteiger charge is 2.20. The standard InChI is InChI=1S/C18H19N5O/c24-18(16-11-20-23-9-5-4-8-17(16)23)21-15-10-19-22(13-15)12-14-6-2-1-3-7-14/h1-3,6-7,10-11,13H,4-5,8-9,12H2,(H,21,24). The van der Waals surface area contributed by atoms with Crippen molar-refractivity contribution in [1.29, 1.82) is 0 Å². The summed E-state index contributed by atoms with van der Waals surface area (Å²) in [5, 5.41) is 11.6. The first-order valence-electron chi connectivity index (χ1n) is 8.22. The van der Waals surface area contributed by atoms with Crippen LogP contribution in [-0.2, 0) is 19.5 Å². The molecule has 0 bridgehead atoms. The Hall–Kier alpha value is -2.89. The van der Waals surface area contributed by atoms with E-state index in [2.05, 4.69) is 27.6 Å². The molecule has 1 aliphatic rings. The number of carbonyl (C=O) groups excluding carboxylic acids is 1. The first kappa shape index (κ1) is 14.7. The lowest BCUT2D eigenvalue weighted by Crippen LogP contribution is -2.17. The molecule has 0 unspecified atom stereocenters. The molecular weight excluding hydrogens is 302 g/mol. The number of amides is 1. The van der Waals surface area contributed by atoms with Crippen molar-refractivity contribution in [2.24, 2.45) is 0 Å². The van der Waals surface area contributed by atoms with Gasteiger partial charge in [-0.25, -0.2) is 0 Å². The lowest BCUT2D eigenvalue weighted by atomic mass is 10.1. The van der Waals surface area contributed by atoms with Gasteiger partial charge < -0.3 is 5.32 Å². The molecule has 0 saturated heterocycles. The van der Waals surface area contributed by atoms with Crippen molar-refractivity contribution in [2.45, 2.75) is 32.4 Å². The average Bonchev–Trinajstić information content (AvgIpc) is 3.22. The maximum absolute atomic E-state index is 12.5. The number of anilines is 1. The molecule has 4 rings (SSSR count). The zero-order valence-electron chi connectivity index (χ0n) is 13.4. The normalized spacial score (nSPS) is 13.5. The molecule has 0 spiro atoms. The second kappa shape index (κ2) is 6.31. The van der Waals surface area contributed by atoms with Gasteiger partial charge >= 0.3 is 0 Å². The van der Waals surface area contributed by atoms with Crippen molar-refractivity contribution < 1.29 is 4.79 Å². The van der Waals surface area contributed by atoms with Gasteiger partial charge in [-0.2, -0.15) is 10.2 Å². The molecule has 0 atom stereocenters. The third kappa shape index (κ3) is 2.95. The van der Waals surface area contributed by atoms with Crippen molar-refractivity contribution >= 4 is 11.6 Å². The number of nitrogens with one attached hydrogen (secondary N) is 1. The number of carbonyl (C=O) groups is 1. The molecule has 1 aromatic carbocycles. The number of fused-ring (bicyclic) bond motifs is 1. The zero-order chi connectivity index (χ0) is 16.4. The van der Waals surface area contributed by atoms with E-state index in [1.165, 1.54) is 5.56 Å². The van der Waals surface area contributed by atoms with Gasteiger partial charge in [0.2, 0.25) is 0 Å². The fourth-order valence-electron chi connectivity index (χ4n) is 3.09. The molecule has 3 heterocycles. The lowest BCUT2D eigenvalue weighted by molar-refractivity contribution is 0.102. The molecule has 3 aromatic rings. The maximum atomic E-state index is 12.5. The number of benzene rings is 1. The van der Waals surface area contributed by atoms with Crippen LogP contribution in [0.15, 0.2) is 48.9 Å². The van der Waals surface area contributed by atoms with Crippen LogP contribution in [0.1, 0.15) is 34.5 Å². The van der Waals surface area contributed by atoms with Gasteiger partial charge in [-0.05, 0) is 24.8 Å². The van der Waals surface area contributed by atoms with Gasteiger partial charge in [0.05, 0.1) is 35.9 Å². The minimum absolute atomic E-state index is 0.114. The van der Waals surface area contributed by atoms with E-state index in [9.17, 15) is 4.79 Å². The third-order valence-electron chi connectivity index (χ3n) is 4.31. The summed E-state index contributed by atoms with van der Waals surface area (Å²) in [6, 6.07) is 10.1. The highest BCUT2D eigenvalue weighted by atomic mass is 16.1. The van der Waals surface area contributed by atoms with Crippen molar-refractivity contribution in [3.05, 3.63) is 65.7 Å². The molecule has 122 valence electrons. The highest BCUT2D eigenvalue weighted by Crippen LogP contribution is 2.19. The number of nitrogens with zero attached hydrogens (tertiary/aromatic N) is 4. The summed E-state index contributed by atoms with van der Waals surface area (Å²) in [7, 11) is 0. The van der Waals surface area contributed by atoms with Gasteiger partial charge in [0.15, 0.2) is 0 Å². The second-order valence-corrected chi connectivity index (χ2v) is 6.05. The summed E-state index contributed by atoms with van der Waals surface area (Å²) in [6.45, 7) is 1.58. The number of aryl methyl sites for hydroxylation is 1. The predicted octanol–water partition coefficient (Wildman–Crippen LogP) is 2.72. The summed E-state index contributed by atoms with van der Waals surface area (Å²) < 4.78 is 3.76. The Balaban J connectivity index is 1.46. The van der Waals surface area contributed by atoms with Crippen LogP contribution in [0.4, 0.5) is 5.69 Å². The summed E-state index contributed by atoms with van der Waals surface area (Å²) >= 11 is 0. The first-order chi connectivity index (χ1) is 11.8. The highest BCUT2D eigenvalue weighted by molar-refractivity contribution is 6.04. The Morgan fingerprint density at radius 2 is 2.00 bits per heavy atom. The zero-order valence-corrected chi connectivity index (χ0v) is 13.4. The van der Waals surface area contributed by atoms with Crippen molar-refractivity contribution in [3.63, 3.8) is 0 Å². The number of rotatable bonds is 4. The quantitative estimate of drug-likeness (QED) is 0.803. The number of aromatic nitrogens is 4. The van der Waals surface area contributed by atoms with Crippen molar-refractivity contribution in [2.75, 3.05) is 5.32 Å². The minimum Gasteiger partial charge on any atom is -0.319 e. The molecule has 6 heteroatoms. The Morgan fingerprint density at radius 1 is 1.12 bits per heavy atom. The van der Waals surface area contributed by atoms with Gasteiger partial charge in [0.1, 0.15) is 0 Å². The van der Waals surface area contributed by atoms with E-state index in [0.717, 1.165) is 31.5 Å². The van der Waals surface area contributed by atoms with Crippen LogP contribution in [0, 0.1) is 0 Å². The van der Waals surface area contributed by atoms with E-state index in [0.29, 0.717) is 17.8 Å². The smallest absolute Gasteiger partial charge is 0.259 e. The van der Waals surface area contributed by atoms with E-state index in [1.54, 1.807) is 12.4 Å². The summed E-state index contributed by atoms with van der Waals surface area (Å²) in [5.41, 5.74) is 3.58. The number of hydrogen-bond acceptors (Lipinski definition) is 3. The Kier molecular flexibility index (Phi) is 3.86. The van der Waals surface area contributed by atoms with Gasteiger partial charge in [0.25, 0.3) is 5.91 Å². The number of hydrogen-bond donors (Lipinski definition) is 1. The fraction of sp³-hybridized carbons (Fsp3) is 0.278. The SMILES string of the molecule is O=C(Nc1cnn(Cc2ccccc2)c1)c1cnn2c1CCCC2. The fourth-order valence-corrected chi connectivity index (χ4v) is 3.09. The van der Waals surface area contributed by atoms with E-state index in [1.807, 2.05) is 33.8 Å². The minimum atomic E-state index is -0.114. The van der Waals surface area contributed by atoms with E-state index >= 15 is 0 Å². The van der Waals surface area contributed by atoms with Crippen LogP contribution < -0.4 is 5.32 Å². The lowest BCUT2D eigenvalue weighted by Gasteiger charge is -2.14. The van der Waals surface area contributed by atoms with Crippen LogP contribution in [0.2, 0.25) is 0 Å². The van der Waals surface area contributed by atoms with Gasteiger partial charge in [-0.1, -0.05) is 30.3 Å². The molecule has 0 radical (unpaired) electrons. The largest absolute Gasteiger partial charge is 0.319 e. The molecular formula is C18H19N5O. The van der Waals surface area contributed by atoms with Crippen LogP contribution in [0.3, 0.4) is 0 Å². The molecule has 0 saturated carbocycles. The van der Waals surface area contributed by atoms with E-state index in [4.69, 9.17) is 0 Å². The van der Waals surface area contributed by atoms with E-state index < -0.39 is 0 Å². The third-order valence-corrected chi connectivity index (χ3v) is 4.31. The average molecular weight is 321 g/mol. The predicted molar refractivity (Wildman–Crippen MR) is 90.9 cm³/mol. The topological polar surface area (TPSA) is 64.7 Å². The summed E-state index contributed by atoms with van der Waals surface area (Å²) in [6.07, 6.45) is 8.35. The van der Waals surface area contributed by atoms with Gasteiger partial charge in [-0.15, -0.1) is 0 Å². The van der Waals surface area contributed by atoms with Gasteiger partial charge in [0, 0.05) is 12.7 Å². The Labute approximate surface area is 140 Å². The first-order valence-corrected chi connectivity index (χ1v) is 8.22. The molecule has 0 aliphatic carbocycles. The van der Waals surface area contributed by atoms with Crippen LogP contribution in [0.25, 0.3) is 0 Å². The molecule has 1 N–H and O–H groups in total. The van der Waals surface area contributed by atoms with Crippen LogP contribution >= 0.6 is 0 Å². The summed E-state index contributed by atoms with van der Waals surface area (Å²) in [4.78, 5) is 12.5. The maximum Gasteiger partial charge on any atom is 0.259 e. The van der Waals surface area contributed by atoms with E-state index in [-0.39, 0.29) is 5.91 Å². The molecule has 1 amide bonds. The molecule has 1 aliphatic heterocycles.